The highest BCUT2D eigenvalue weighted by atomic mass is 31.2. The SMILES string of the molecule is CCOP(=O)(OCC)c1c(-c2c(C)cc(C)cc2C)cc(C(C)(C)C)cc1-c1c(C)cc(C)cc1C. The number of hydrogen-bond acceptors (Lipinski definition) is 3. The maximum absolute atomic E-state index is 14.7. The quantitative estimate of drug-likeness (QED) is 0.300. The summed E-state index contributed by atoms with van der Waals surface area (Å²) >= 11 is 0. The molecule has 0 saturated carbocycles. The van der Waals surface area contributed by atoms with Gasteiger partial charge in [0.05, 0.1) is 18.5 Å². The fourth-order valence-corrected chi connectivity index (χ4v) is 7.42. The summed E-state index contributed by atoms with van der Waals surface area (Å²) in [5.41, 5.74) is 12.2. The summed E-state index contributed by atoms with van der Waals surface area (Å²) in [6.45, 7) is 23.8. The molecule has 0 fully saturated rings. The fourth-order valence-electron chi connectivity index (χ4n) is 5.46. The van der Waals surface area contributed by atoms with Gasteiger partial charge in [0.2, 0.25) is 0 Å². The lowest BCUT2D eigenvalue weighted by Crippen LogP contribution is -2.21. The van der Waals surface area contributed by atoms with E-state index in [0.29, 0.717) is 18.5 Å². The van der Waals surface area contributed by atoms with Crippen LogP contribution in [0.3, 0.4) is 0 Å². The van der Waals surface area contributed by atoms with Gasteiger partial charge in [-0.15, -0.1) is 0 Å². The Kier molecular flexibility index (Phi) is 8.40. The molecule has 3 aromatic carbocycles. The van der Waals surface area contributed by atoms with Gasteiger partial charge in [-0.2, -0.15) is 0 Å². The van der Waals surface area contributed by atoms with Gasteiger partial charge in [0.15, 0.2) is 0 Å². The maximum atomic E-state index is 14.7. The lowest BCUT2D eigenvalue weighted by atomic mass is 9.81. The first-order valence-electron chi connectivity index (χ1n) is 13.0. The third-order valence-corrected chi connectivity index (χ3v) is 8.97. The Labute approximate surface area is 218 Å². The molecule has 36 heavy (non-hydrogen) atoms. The molecular weight excluding hydrogens is 463 g/mol. The second-order valence-electron chi connectivity index (χ2n) is 11.1. The first-order valence-corrected chi connectivity index (χ1v) is 14.5. The molecule has 0 spiro atoms. The second kappa shape index (κ2) is 10.7. The number of aryl methyl sites for hydroxylation is 6. The van der Waals surface area contributed by atoms with E-state index in [2.05, 4.69) is 98.7 Å². The zero-order chi connectivity index (χ0) is 27.0. The first-order chi connectivity index (χ1) is 16.7. The van der Waals surface area contributed by atoms with E-state index in [-0.39, 0.29) is 5.41 Å². The molecule has 0 radical (unpaired) electrons. The molecule has 0 heterocycles. The van der Waals surface area contributed by atoms with E-state index >= 15 is 0 Å². The molecule has 0 atom stereocenters. The van der Waals surface area contributed by atoms with Crippen LogP contribution in [-0.4, -0.2) is 13.2 Å². The van der Waals surface area contributed by atoms with Crippen molar-refractivity contribution in [1.82, 2.24) is 0 Å². The van der Waals surface area contributed by atoms with Crippen LogP contribution in [0.1, 0.15) is 73.6 Å². The van der Waals surface area contributed by atoms with Crippen molar-refractivity contribution in [3.63, 3.8) is 0 Å². The van der Waals surface area contributed by atoms with Crippen molar-refractivity contribution < 1.29 is 13.6 Å². The lowest BCUT2D eigenvalue weighted by Gasteiger charge is -2.29. The molecule has 4 heteroatoms. The van der Waals surface area contributed by atoms with E-state index in [1.54, 1.807) is 0 Å². The van der Waals surface area contributed by atoms with E-state index in [4.69, 9.17) is 9.05 Å². The zero-order valence-electron chi connectivity index (χ0n) is 24.1. The Balaban J connectivity index is 2.65. The van der Waals surface area contributed by atoms with E-state index in [1.807, 2.05) is 13.8 Å². The predicted molar refractivity (Wildman–Crippen MR) is 155 cm³/mol. The topological polar surface area (TPSA) is 35.5 Å². The van der Waals surface area contributed by atoms with Gasteiger partial charge in [0.1, 0.15) is 0 Å². The van der Waals surface area contributed by atoms with Gasteiger partial charge in [0.25, 0.3) is 0 Å². The Morgan fingerprint density at radius 2 is 0.972 bits per heavy atom. The molecule has 3 aromatic rings. The van der Waals surface area contributed by atoms with Crippen LogP contribution in [0.4, 0.5) is 0 Å². The highest BCUT2D eigenvalue weighted by molar-refractivity contribution is 7.62. The summed E-state index contributed by atoms with van der Waals surface area (Å²) in [5, 5.41) is 0.671. The van der Waals surface area contributed by atoms with Crippen molar-refractivity contribution in [3.8, 4) is 22.3 Å². The standard InChI is InChI=1S/C32H43O3P/c1-12-34-36(33,35-13-2)31-27(29-22(5)14-20(3)15-23(29)6)18-26(32(9,10)11)19-28(31)30-24(7)16-21(4)17-25(30)8/h14-19H,12-13H2,1-11H3. The second-order valence-corrected chi connectivity index (χ2v) is 13.0. The highest BCUT2D eigenvalue weighted by Crippen LogP contribution is 2.53. The largest absolute Gasteiger partial charge is 0.362 e. The average Bonchev–Trinajstić information content (AvgIpc) is 2.71. The van der Waals surface area contributed by atoms with Gasteiger partial charge >= 0.3 is 7.60 Å². The van der Waals surface area contributed by atoms with Crippen LogP contribution in [0.15, 0.2) is 36.4 Å². The van der Waals surface area contributed by atoms with Crippen molar-refractivity contribution in [2.45, 2.75) is 81.6 Å². The summed E-state index contributed by atoms with van der Waals surface area (Å²) in [7, 11) is -3.65. The minimum Gasteiger partial charge on any atom is -0.305 e. The summed E-state index contributed by atoms with van der Waals surface area (Å²) in [6.07, 6.45) is 0. The third kappa shape index (κ3) is 5.54. The van der Waals surface area contributed by atoms with Crippen LogP contribution in [0, 0.1) is 41.5 Å². The van der Waals surface area contributed by atoms with Crippen molar-refractivity contribution in [3.05, 3.63) is 75.3 Å². The number of benzene rings is 3. The molecule has 0 bridgehead atoms. The number of rotatable bonds is 7. The van der Waals surface area contributed by atoms with Gasteiger partial charge in [-0.1, -0.05) is 56.2 Å². The van der Waals surface area contributed by atoms with Crippen LogP contribution in [0.5, 0.6) is 0 Å². The van der Waals surface area contributed by atoms with Crippen LogP contribution in [0.25, 0.3) is 22.3 Å². The summed E-state index contributed by atoms with van der Waals surface area (Å²) in [4.78, 5) is 0. The first kappa shape index (κ1) is 28.4. The molecule has 3 rings (SSSR count). The number of hydrogen-bond donors (Lipinski definition) is 0. The lowest BCUT2D eigenvalue weighted by molar-refractivity contribution is 0.230. The van der Waals surface area contributed by atoms with E-state index < -0.39 is 7.60 Å². The molecule has 194 valence electrons. The zero-order valence-corrected chi connectivity index (χ0v) is 24.9. The minimum absolute atomic E-state index is 0.109. The van der Waals surface area contributed by atoms with Crippen molar-refractivity contribution in [1.29, 1.82) is 0 Å². The fraction of sp³-hybridized carbons (Fsp3) is 0.438. The predicted octanol–water partition coefficient (Wildman–Crippen LogP) is 9.06. The van der Waals surface area contributed by atoms with Crippen LogP contribution in [0.2, 0.25) is 0 Å². The maximum Gasteiger partial charge on any atom is 0.362 e. The van der Waals surface area contributed by atoms with E-state index in [9.17, 15) is 4.57 Å². The summed E-state index contributed by atoms with van der Waals surface area (Å²) in [6, 6.07) is 13.2. The molecule has 0 aliphatic rings. The van der Waals surface area contributed by atoms with Crippen molar-refractivity contribution >= 4 is 12.9 Å². The van der Waals surface area contributed by atoms with Crippen LogP contribution in [-0.2, 0) is 19.0 Å². The van der Waals surface area contributed by atoms with Gasteiger partial charge < -0.3 is 9.05 Å². The average molecular weight is 507 g/mol. The smallest absolute Gasteiger partial charge is 0.305 e. The molecule has 0 aliphatic carbocycles. The summed E-state index contributed by atoms with van der Waals surface area (Å²) in [5.74, 6) is 0. The molecule has 0 aliphatic heterocycles. The van der Waals surface area contributed by atoms with E-state index in [1.165, 1.54) is 16.7 Å². The normalized spacial score (nSPS) is 12.3. The monoisotopic (exact) mass is 506 g/mol. The van der Waals surface area contributed by atoms with Gasteiger partial charge in [0, 0.05) is 0 Å². The van der Waals surface area contributed by atoms with Gasteiger partial charge in [-0.3, -0.25) is 4.57 Å². The Bertz CT molecular complexity index is 1190. The molecule has 0 amide bonds. The van der Waals surface area contributed by atoms with Crippen molar-refractivity contribution in [2.24, 2.45) is 0 Å². The van der Waals surface area contributed by atoms with Gasteiger partial charge in [-0.05, 0) is 123 Å². The van der Waals surface area contributed by atoms with Crippen LogP contribution >= 0.6 is 7.60 Å². The van der Waals surface area contributed by atoms with Gasteiger partial charge in [-0.25, -0.2) is 0 Å². The Morgan fingerprint density at radius 3 is 1.25 bits per heavy atom. The Morgan fingerprint density at radius 1 is 0.639 bits per heavy atom. The molecular formula is C32H43O3P. The molecule has 0 saturated heterocycles. The third-order valence-electron chi connectivity index (χ3n) is 6.74. The molecule has 3 nitrogen and oxygen atoms in total. The molecule has 0 aromatic heterocycles. The highest BCUT2D eigenvalue weighted by Gasteiger charge is 2.36. The Hall–Kier alpha value is -2.19. The van der Waals surface area contributed by atoms with E-state index in [0.717, 1.165) is 44.5 Å². The van der Waals surface area contributed by atoms with Crippen molar-refractivity contribution in [2.75, 3.05) is 13.2 Å². The molecule has 0 unspecified atom stereocenters. The van der Waals surface area contributed by atoms with Crippen LogP contribution < -0.4 is 5.30 Å². The minimum atomic E-state index is -3.65. The molecule has 0 N–H and O–H groups in total. The summed E-state index contributed by atoms with van der Waals surface area (Å²) < 4.78 is 26.8.